The van der Waals surface area contributed by atoms with Gasteiger partial charge in [0.05, 0.1) is 18.5 Å². The summed E-state index contributed by atoms with van der Waals surface area (Å²) in [7, 11) is 1.67. The highest BCUT2D eigenvalue weighted by molar-refractivity contribution is 7.16. The van der Waals surface area contributed by atoms with Gasteiger partial charge in [-0.1, -0.05) is 35.1 Å². The quantitative estimate of drug-likeness (QED) is 0.735. The van der Waals surface area contributed by atoms with E-state index in [1.54, 1.807) is 18.4 Å². The molecule has 0 N–H and O–H groups in total. The first-order chi connectivity index (χ1) is 9.17. The summed E-state index contributed by atoms with van der Waals surface area (Å²) in [5.74, 6) is 0. The Morgan fingerprint density at radius 3 is 2.84 bits per heavy atom. The van der Waals surface area contributed by atoms with Crippen molar-refractivity contribution in [2.24, 2.45) is 0 Å². The molecule has 0 aliphatic rings. The van der Waals surface area contributed by atoms with Crippen LogP contribution in [-0.4, -0.2) is 21.7 Å². The number of benzene rings is 1. The van der Waals surface area contributed by atoms with Gasteiger partial charge in [-0.2, -0.15) is 5.10 Å². The molecule has 0 fully saturated rings. The number of rotatable bonds is 3. The third kappa shape index (κ3) is 2.27. The molecule has 0 aliphatic carbocycles. The number of hydrogen-bond acceptors (Lipinski definition) is 4. The first kappa shape index (κ1) is 12.3. The fraction of sp³-hybridized carbons (Fsp3) is 0.286. The highest BCUT2D eigenvalue weighted by atomic mass is 32.1. The molecule has 0 saturated carbocycles. The summed E-state index contributed by atoms with van der Waals surface area (Å²) >= 11 is 1.56. The van der Waals surface area contributed by atoms with Gasteiger partial charge in [-0.15, -0.1) is 0 Å². The molecule has 0 bridgehead atoms. The Balaban J connectivity index is 2.03. The highest BCUT2D eigenvalue weighted by Gasteiger charge is 2.11. The summed E-state index contributed by atoms with van der Waals surface area (Å²) in [6.45, 7) is 4.74. The van der Waals surface area contributed by atoms with Crippen molar-refractivity contribution in [3.63, 3.8) is 0 Å². The minimum atomic E-state index is 0.535. The molecule has 0 atom stereocenters. The second-order valence-corrected chi connectivity index (χ2v) is 5.64. The van der Waals surface area contributed by atoms with Crippen LogP contribution in [0.3, 0.4) is 0 Å². The van der Waals surface area contributed by atoms with Gasteiger partial charge < -0.3 is 4.74 Å². The molecule has 0 aliphatic heterocycles. The Morgan fingerprint density at radius 1 is 1.32 bits per heavy atom. The normalized spacial score (nSPS) is 11.3. The van der Waals surface area contributed by atoms with Gasteiger partial charge in [0.25, 0.3) is 0 Å². The van der Waals surface area contributed by atoms with E-state index in [0.717, 1.165) is 21.2 Å². The van der Waals surface area contributed by atoms with E-state index >= 15 is 0 Å². The summed E-state index contributed by atoms with van der Waals surface area (Å²) in [6.07, 6.45) is 1.97. The van der Waals surface area contributed by atoms with Gasteiger partial charge >= 0.3 is 0 Å². The van der Waals surface area contributed by atoms with Crippen molar-refractivity contribution in [3.05, 3.63) is 40.5 Å². The number of hydrogen-bond donors (Lipinski definition) is 0. The van der Waals surface area contributed by atoms with Crippen molar-refractivity contribution in [1.82, 2.24) is 14.6 Å². The summed E-state index contributed by atoms with van der Waals surface area (Å²) in [5, 5.41) is 5.39. The Hall–Kier alpha value is -1.72. The van der Waals surface area contributed by atoms with E-state index in [4.69, 9.17) is 4.74 Å². The molecule has 5 heteroatoms. The average Bonchev–Trinajstić information content (AvgIpc) is 2.87. The lowest BCUT2D eigenvalue weighted by Crippen LogP contribution is -1.89. The first-order valence-corrected chi connectivity index (χ1v) is 6.90. The fourth-order valence-electron chi connectivity index (χ4n) is 2.15. The van der Waals surface area contributed by atoms with Crippen LogP contribution < -0.4 is 0 Å². The molecule has 98 valence electrons. The lowest BCUT2D eigenvalue weighted by molar-refractivity contribution is 0.183. The third-order valence-corrected chi connectivity index (χ3v) is 3.91. The van der Waals surface area contributed by atoms with Crippen LogP contribution in [0.25, 0.3) is 16.2 Å². The number of nitrogens with zero attached hydrogens (tertiary/aromatic N) is 3. The zero-order valence-corrected chi connectivity index (χ0v) is 12.0. The zero-order chi connectivity index (χ0) is 13.4. The van der Waals surface area contributed by atoms with Gasteiger partial charge in [-0.3, -0.25) is 0 Å². The number of aromatic nitrogens is 3. The smallest absolute Gasteiger partial charge is 0.212 e. The lowest BCUT2D eigenvalue weighted by Gasteiger charge is -2.03. The molecule has 3 rings (SSSR count). The van der Waals surface area contributed by atoms with Gasteiger partial charge in [0.15, 0.2) is 0 Å². The molecule has 19 heavy (non-hydrogen) atoms. The van der Waals surface area contributed by atoms with E-state index in [2.05, 4.69) is 42.1 Å². The van der Waals surface area contributed by atoms with E-state index in [-0.39, 0.29) is 0 Å². The van der Waals surface area contributed by atoms with Gasteiger partial charge in [-0.25, -0.2) is 9.50 Å². The second kappa shape index (κ2) is 4.75. The number of methoxy groups -OCH3 is 1. The van der Waals surface area contributed by atoms with Crippen molar-refractivity contribution < 1.29 is 4.74 Å². The number of ether oxygens (including phenoxy) is 1. The maximum atomic E-state index is 5.08. The van der Waals surface area contributed by atoms with Crippen molar-refractivity contribution >= 4 is 16.3 Å². The summed E-state index contributed by atoms with van der Waals surface area (Å²) in [4.78, 5) is 5.54. The Bertz CT molecular complexity index is 698. The fourth-order valence-corrected chi connectivity index (χ4v) is 3.00. The number of imidazole rings is 1. The number of aryl methyl sites for hydroxylation is 2. The summed E-state index contributed by atoms with van der Waals surface area (Å²) in [5.41, 5.74) is 4.64. The van der Waals surface area contributed by atoms with Gasteiger partial charge in [0, 0.05) is 12.7 Å². The number of fused-ring (bicyclic) bond motifs is 1. The molecule has 0 saturated heterocycles. The molecule has 0 spiro atoms. The van der Waals surface area contributed by atoms with Crippen LogP contribution in [0.15, 0.2) is 24.4 Å². The summed E-state index contributed by atoms with van der Waals surface area (Å²) < 4.78 is 6.91. The monoisotopic (exact) mass is 273 g/mol. The van der Waals surface area contributed by atoms with Crippen molar-refractivity contribution in [1.29, 1.82) is 0 Å². The Labute approximate surface area is 115 Å². The van der Waals surface area contributed by atoms with Crippen molar-refractivity contribution in [2.75, 3.05) is 7.11 Å². The van der Waals surface area contributed by atoms with Crippen LogP contribution in [0.5, 0.6) is 0 Å². The zero-order valence-electron chi connectivity index (χ0n) is 11.2. The van der Waals surface area contributed by atoms with Crippen LogP contribution in [0.4, 0.5) is 0 Å². The standard InChI is InChI=1S/C14H15N3OS/c1-9-4-5-11(10(2)6-9)12-7-17-14(15-12)19-13(16-17)8-18-3/h4-7H,8H2,1-3H3. The SMILES string of the molecule is COCc1nn2cc(-c3ccc(C)cc3C)nc2s1. The van der Waals surface area contributed by atoms with Gasteiger partial charge in [0.1, 0.15) is 5.01 Å². The molecule has 0 unspecified atom stereocenters. The predicted molar refractivity (Wildman–Crippen MR) is 76.5 cm³/mol. The second-order valence-electron chi connectivity index (χ2n) is 4.60. The third-order valence-electron chi connectivity index (χ3n) is 3.01. The van der Waals surface area contributed by atoms with E-state index in [1.807, 2.05) is 10.7 Å². The molecule has 0 radical (unpaired) electrons. The molecule has 2 heterocycles. The first-order valence-electron chi connectivity index (χ1n) is 6.09. The van der Waals surface area contributed by atoms with E-state index in [1.165, 1.54) is 11.1 Å². The maximum Gasteiger partial charge on any atom is 0.212 e. The van der Waals surface area contributed by atoms with Crippen LogP contribution in [0.2, 0.25) is 0 Å². The molecule has 1 aromatic carbocycles. The predicted octanol–water partition coefficient (Wildman–Crippen LogP) is 3.22. The largest absolute Gasteiger partial charge is 0.377 e. The Kier molecular flexibility index (Phi) is 3.08. The Morgan fingerprint density at radius 2 is 2.16 bits per heavy atom. The maximum absolute atomic E-state index is 5.08. The van der Waals surface area contributed by atoms with Gasteiger partial charge in [-0.05, 0) is 19.4 Å². The molecule has 2 aromatic heterocycles. The molecular formula is C14H15N3OS. The van der Waals surface area contributed by atoms with Crippen LogP contribution in [-0.2, 0) is 11.3 Å². The topological polar surface area (TPSA) is 39.4 Å². The van der Waals surface area contributed by atoms with E-state index in [9.17, 15) is 0 Å². The van der Waals surface area contributed by atoms with Crippen LogP contribution in [0, 0.1) is 13.8 Å². The lowest BCUT2D eigenvalue weighted by atomic mass is 10.0. The van der Waals surface area contributed by atoms with Crippen molar-refractivity contribution in [3.8, 4) is 11.3 Å². The molecule has 4 nitrogen and oxygen atoms in total. The summed E-state index contributed by atoms with van der Waals surface area (Å²) in [6, 6.07) is 6.40. The molecule has 3 aromatic rings. The average molecular weight is 273 g/mol. The highest BCUT2D eigenvalue weighted by Crippen LogP contribution is 2.25. The van der Waals surface area contributed by atoms with E-state index < -0.39 is 0 Å². The van der Waals surface area contributed by atoms with Crippen molar-refractivity contribution in [2.45, 2.75) is 20.5 Å². The molecule has 0 amide bonds. The minimum absolute atomic E-state index is 0.535. The van der Waals surface area contributed by atoms with Crippen LogP contribution in [0.1, 0.15) is 16.1 Å². The minimum Gasteiger partial charge on any atom is -0.377 e. The van der Waals surface area contributed by atoms with Crippen LogP contribution >= 0.6 is 11.3 Å². The van der Waals surface area contributed by atoms with Gasteiger partial charge in [0.2, 0.25) is 4.96 Å². The van der Waals surface area contributed by atoms with E-state index in [0.29, 0.717) is 6.61 Å². The molecular weight excluding hydrogens is 258 g/mol.